The molecule has 0 aromatic heterocycles. The summed E-state index contributed by atoms with van der Waals surface area (Å²) in [4.78, 5) is 0. The lowest BCUT2D eigenvalue weighted by molar-refractivity contribution is 0.409. The average Bonchev–Trinajstić information content (AvgIpc) is 2.39. The lowest BCUT2D eigenvalue weighted by Crippen LogP contribution is -2.21. The Morgan fingerprint density at radius 2 is 1.94 bits per heavy atom. The SMILES string of the molecule is NC[C@@H](N)c1cccc(C2CCCCC2)c1O. The number of hydrogen-bond donors (Lipinski definition) is 3. The molecule has 0 bridgehead atoms. The Morgan fingerprint density at radius 1 is 1.24 bits per heavy atom. The van der Waals surface area contributed by atoms with Crippen molar-refractivity contribution in [2.24, 2.45) is 11.5 Å². The summed E-state index contributed by atoms with van der Waals surface area (Å²) in [6, 6.07) is 5.62. The van der Waals surface area contributed by atoms with E-state index in [-0.39, 0.29) is 6.04 Å². The first kappa shape index (κ1) is 12.4. The second kappa shape index (κ2) is 5.52. The van der Waals surface area contributed by atoms with Gasteiger partial charge in [0.25, 0.3) is 0 Å². The Kier molecular flexibility index (Phi) is 4.02. The predicted molar refractivity (Wildman–Crippen MR) is 69.9 cm³/mol. The van der Waals surface area contributed by atoms with Crippen LogP contribution >= 0.6 is 0 Å². The third kappa shape index (κ3) is 2.61. The fraction of sp³-hybridized carbons (Fsp3) is 0.571. The molecule has 94 valence electrons. The fourth-order valence-corrected chi connectivity index (χ4v) is 2.75. The second-order valence-corrected chi connectivity index (χ2v) is 4.96. The lowest BCUT2D eigenvalue weighted by Gasteiger charge is -2.24. The average molecular weight is 234 g/mol. The highest BCUT2D eigenvalue weighted by atomic mass is 16.3. The standard InChI is InChI=1S/C14H22N2O/c15-9-13(16)12-8-4-7-11(14(12)17)10-5-2-1-3-6-10/h4,7-8,10,13,17H,1-3,5-6,9,15-16H2/t13-/m1/s1. The van der Waals surface area contributed by atoms with Gasteiger partial charge in [-0.3, -0.25) is 0 Å². The van der Waals surface area contributed by atoms with Gasteiger partial charge in [0, 0.05) is 18.2 Å². The van der Waals surface area contributed by atoms with Crippen molar-refractivity contribution >= 4 is 0 Å². The quantitative estimate of drug-likeness (QED) is 0.752. The van der Waals surface area contributed by atoms with Crippen LogP contribution in [-0.2, 0) is 0 Å². The molecule has 3 nitrogen and oxygen atoms in total. The van der Waals surface area contributed by atoms with E-state index in [0.717, 1.165) is 11.1 Å². The third-order valence-corrected chi connectivity index (χ3v) is 3.80. The molecule has 1 atom stereocenters. The zero-order chi connectivity index (χ0) is 12.3. The smallest absolute Gasteiger partial charge is 0.123 e. The van der Waals surface area contributed by atoms with E-state index in [1.165, 1.54) is 32.1 Å². The second-order valence-electron chi connectivity index (χ2n) is 4.96. The fourth-order valence-electron chi connectivity index (χ4n) is 2.75. The molecule has 2 rings (SSSR count). The van der Waals surface area contributed by atoms with E-state index < -0.39 is 0 Å². The molecule has 0 saturated heterocycles. The lowest BCUT2D eigenvalue weighted by atomic mass is 9.82. The Hall–Kier alpha value is -1.06. The van der Waals surface area contributed by atoms with Crippen LogP contribution in [0, 0.1) is 0 Å². The van der Waals surface area contributed by atoms with Crippen molar-refractivity contribution in [1.29, 1.82) is 0 Å². The van der Waals surface area contributed by atoms with E-state index in [0.29, 0.717) is 18.2 Å². The highest BCUT2D eigenvalue weighted by Crippen LogP contribution is 2.39. The van der Waals surface area contributed by atoms with Crippen molar-refractivity contribution in [3.8, 4) is 5.75 Å². The molecule has 1 fully saturated rings. The number of para-hydroxylation sites is 1. The number of nitrogens with two attached hydrogens (primary N) is 2. The van der Waals surface area contributed by atoms with Crippen LogP contribution in [0.5, 0.6) is 5.75 Å². The van der Waals surface area contributed by atoms with Crippen LogP contribution in [0.2, 0.25) is 0 Å². The van der Waals surface area contributed by atoms with Crippen LogP contribution in [0.1, 0.15) is 55.2 Å². The molecule has 0 unspecified atom stereocenters. The minimum absolute atomic E-state index is 0.265. The van der Waals surface area contributed by atoms with Crippen molar-refractivity contribution in [1.82, 2.24) is 0 Å². The molecule has 1 aliphatic rings. The summed E-state index contributed by atoms with van der Waals surface area (Å²) >= 11 is 0. The third-order valence-electron chi connectivity index (χ3n) is 3.80. The summed E-state index contributed by atoms with van der Waals surface area (Å²) in [5.41, 5.74) is 13.3. The van der Waals surface area contributed by atoms with Crippen molar-refractivity contribution in [2.75, 3.05) is 6.54 Å². The van der Waals surface area contributed by atoms with E-state index in [2.05, 4.69) is 0 Å². The van der Waals surface area contributed by atoms with E-state index >= 15 is 0 Å². The molecule has 1 saturated carbocycles. The van der Waals surface area contributed by atoms with Crippen molar-refractivity contribution in [3.63, 3.8) is 0 Å². The van der Waals surface area contributed by atoms with Gasteiger partial charge in [-0.05, 0) is 24.3 Å². The Morgan fingerprint density at radius 3 is 2.59 bits per heavy atom. The van der Waals surface area contributed by atoms with Crippen molar-refractivity contribution in [3.05, 3.63) is 29.3 Å². The Bertz CT molecular complexity index is 372. The molecule has 0 heterocycles. The van der Waals surface area contributed by atoms with Crippen molar-refractivity contribution < 1.29 is 5.11 Å². The molecular formula is C14H22N2O. The molecule has 1 aliphatic carbocycles. The van der Waals surface area contributed by atoms with Crippen LogP contribution < -0.4 is 11.5 Å². The maximum absolute atomic E-state index is 10.3. The highest BCUT2D eigenvalue weighted by Gasteiger charge is 2.21. The van der Waals surface area contributed by atoms with Gasteiger partial charge < -0.3 is 16.6 Å². The minimum atomic E-state index is -0.265. The molecule has 0 aliphatic heterocycles. The number of phenolic OH excluding ortho intramolecular Hbond substituents is 1. The van der Waals surface area contributed by atoms with Gasteiger partial charge in [-0.2, -0.15) is 0 Å². The topological polar surface area (TPSA) is 72.3 Å². The molecule has 1 aromatic rings. The number of benzene rings is 1. The molecule has 0 amide bonds. The molecule has 0 radical (unpaired) electrons. The zero-order valence-corrected chi connectivity index (χ0v) is 10.2. The molecule has 17 heavy (non-hydrogen) atoms. The number of aromatic hydroxyl groups is 1. The molecular weight excluding hydrogens is 212 g/mol. The normalized spacial score (nSPS) is 19.2. The van der Waals surface area contributed by atoms with Gasteiger partial charge in [0.05, 0.1) is 0 Å². The summed E-state index contributed by atoms with van der Waals surface area (Å²) < 4.78 is 0. The Labute approximate surface area is 103 Å². The largest absolute Gasteiger partial charge is 0.507 e. The van der Waals surface area contributed by atoms with Gasteiger partial charge in [0.1, 0.15) is 5.75 Å². The first-order chi connectivity index (χ1) is 8.24. The van der Waals surface area contributed by atoms with E-state index in [1.54, 1.807) is 0 Å². The molecule has 1 aromatic carbocycles. The van der Waals surface area contributed by atoms with E-state index in [9.17, 15) is 5.11 Å². The van der Waals surface area contributed by atoms with E-state index in [4.69, 9.17) is 11.5 Å². The van der Waals surface area contributed by atoms with Gasteiger partial charge in [-0.15, -0.1) is 0 Å². The summed E-state index contributed by atoms with van der Waals surface area (Å²) in [6.45, 7) is 0.363. The van der Waals surface area contributed by atoms with Crippen molar-refractivity contribution in [2.45, 2.75) is 44.1 Å². The van der Waals surface area contributed by atoms with Gasteiger partial charge in [-0.25, -0.2) is 0 Å². The number of phenols is 1. The highest BCUT2D eigenvalue weighted by molar-refractivity contribution is 5.44. The first-order valence-electron chi connectivity index (χ1n) is 6.51. The molecule has 3 heteroatoms. The summed E-state index contributed by atoms with van der Waals surface area (Å²) in [6.07, 6.45) is 6.19. The van der Waals surface area contributed by atoms with Gasteiger partial charge in [0.2, 0.25) is 0 Å². The van der Waals surface area contributed by atoms with Gasteiger partial charge in [-0.1, -0.05) is 37.5 Å². The van der Waals surface area contributed by atoms with Crippen LogP contribution in [0.3, 0.4) is 0 Å². The van der Waals surface area contributed by atoms with Gasteiger partial charge >= 0.3 is 0 Å². The zero-order valence-electron chi connectivity index (χ0n) is 10.2. The summed E-state index contributed by atoms with van der Waals surface area (Å²) in [7, 11) is 0. The minimum Gasteiger partial charge on any atom is -0.507 e. The summed E-state index contributed by atoms with van der Waals surface area (Å²) in [5, 5.41) is 10.3. The predicted octanol–water partition coefficient (Wildman–Crippen LogP) is 2.40. The van der Waals surface area contributed by atoms with Gasteiger partial charge in [0.15, 0.2) is 0 Å². The monoisotopic (exact) mass is 234 g/mol. The first-order valence-corrected chi connectivity index (χ1v) is 6.51. The maximum Gasteiger partial charge on any atom is 0.123 e. The maximum atomic E-state index is 10.3. The number of rotatable bonds is 3. The summed E-state index contributed by atoms with van der Waals surface area (Å²) in [5.74, 6) is 0.867. The van der Waals surface area contributed by atoms with Crippen LogP contribution in [0.15, 0.2) is 18.2 Å². The van der Waals surface area contributed by atoms with Crippen LogP contribution in [-0.4, -0.2) is 11.7 Å². The number of hydrogen-bond acceptors (Lipinski definition) is 3. The molecule has 0 spiro atoms. The van der Waals surface area contributed by atoms with E-state index in [1.807, 2.05) is 18.2 Å². The molecule has 5 N–H and O–H groups in total. The van der Waals surface area contributed by atoms with Crippen LogP contribution in [0.4, 0.5) is 0 Å². The Balaban J connectivity index is 2.27. The van der Waals surface area contributed by atoms with Crippen LogP contribution in [0.25, 0.3) is 0 Å².